The van der Waals surface area contributed by atoms with Crippen molar-refractivity contribution in [1.29, 1.82) is 0 Å². The van der Waals surface area contributed by atoms with Crippen LogP contribution in [0.2, 0.25) is 5.02 Å². The third kappa shape index (κ3) is 4.42. The van der Waals surface area contributed by atoms with Crippen molar-refractivity contribution in [1.82, 2.24) is 4.90 Å². The summed E-state index contributed by atoms with van der Waals surface area (Å²) in [6.45, 7) is 5.88. The molecule has 0 radical (unpaired) electrons. The molecule has 0 N–H and O–H groups in total. The van der Waals surface area contributed by atoms with Gasteiger partial charge in [-0.25, -0.2) is 4.39 Å². The lowest BCUT2D eigenvalue weighted by molar-refractivity contribution is 0.188. The molecule has 0 aliphatic carbocycles. The minimum atomic E-state index is -0.296. The van der Waals surface area contributed by atoms with Gasteiger partial charge < -0.3 is 0 Å². The topological polar surface area (TPSA) is 3.24 Å². The van der Waals surface area contributed by atoms with Crippen LogP contribution in [0.1, 0.15) is 32.3 Å². The summed E-state index contributed by atoms with van der Waals surface area (Å²) >= 11 is 11.9. The Morgan fingerprint density at radius 2 is 1.94 bits per heavy atom. The fraction of sp³-hybridized carbons (Fsp3) is 0.571. The Kier molecular flexibility index (Phi) is 6.98. The van der Waals surface area contributed by atoms with Gasteiger partial charge in [0.05, 0.1) is 0 Å². The quantitative estimate of drug-likeness (QED) is 0.658. The number of alkyl halides is 1. The second kappa shape index (κ2) is 7.98. The van der Waals surface area contributed by atoms with Gasteiger partial charge in [-0.1, -0.05) is 31.5 Å². The van der Waals surface area contributed by atoms with E-state index in [0.717, 1.165) is 31.5 Å². The molecule has 0 spiro atoms. The van der Waals surface area contributed by atoms with Crippen LogP contribution in [0.15, 0.2) is 18.2 Å². The third-order valence-electron chi connectivity index (χ3n) is 3.22. The monoisotopic (exact) mass is 291 g/mol. The lowest BCUT2D eigenvalue weighted by Crippen LogP contribution is -2.35. The van der Waals surface area contributed by atoms with Crippen molar-refractivity contribution in [3.05, 3.63) is 34.6 Å². The Labute approximate surface area is 119 Å². The number of hydrogen-bond acceptors (Lipinski definition) is 1. The summed E-state index contributed by atoms with van der Waals surface area (Å²) in [4.78, 5) is 2.31. The highest BCUT2D eigenvalue weighted by molar-refractivity contribution is 6.31. The highest BCUT2D eigenvalue weighted by atomic mass is 35.5. The van der Waals surface area contributed by atoms with Gasteiger partial charge in [-0.05, 0) is 30.5 Å². The minimum absolute atomic E-state index is 0.296. The van der Waals surface area contributed by atoms with Crippen LogP contribution in [0, 0.1) is 5.82 Å². The van der Waals surface area contributed by atoms with Crippen LogP contribution in [0.4, 0.5) is 4.39 Å². The summed E-state index contributed by atoms with van der Waals surface area (Å²) in [5.74, 6) is 0.296. The van der Waals surface area contributed by atoms with Gasteiger partial charge in [0.25, 0.3) is 0 Å². The number of halogens is 3. The number of nitrogens with zero attached hydrogens (tertiary/aromatic N) is 1. The van der Waals surface area contributed by atoms with E-state index in [1.54, 1.807) is 6.07 Å². The Hall–Kier alpha value is -0.310. The molecule has 0 aromatic heterocycles. The average Bonchev–Trinajstić information content (AvgIpc) is 2.34. The van der Waals surface area contributed by atoms with Gasteiger partial charge in [-0.3, -0.25) is 4.90 Å². The van der Waals surface area contributed by atoms with E-state index in [4.69, 9.17) is 23.2 Å². The molecular weight excluding hydrogens is 272 g/mol. The second-order valence-corrected chi connectivity index (χ2v) is 5.15. The number of hydrogen-bond donors (Lipinski definition) is 0. The number of benzene rings is 1. The van der Waals surface area contributed by atoms with Crippen LogP contribution >= 0.6 is 23.2 Å². The fourth-order valence-corrected chi connectivity index (χ4v) is 2.62. The molecule has 0 aliphatic heterocycles. The zero-order valence-corrected chi connectivity index (χ0v) is 12.4. The van der Waals surface area contributed by atoms with E-state index < -0.39 is 0 Å². The molecule has 102 valence electrons. The van der Waals surface area contributed by atoms with Crippen molar-refractivity contribution in [3.63, 3.8) is 0 Å². The van der Waals surface area contributed by atoms with E-state index >= 15 is 0 Å². The first kappa shape index (κ1) is 15.7. The van der Waals surface area contributed by atoms with Gasteiger partial charge in [-0.15, -0.1) is 11.6 Å². The summed E-state index contributed by atoms with van der Waals surface area (Å²) in [6, 6.07) is 5.06. The first-order chi connectivity index (χ1) is 8.62. The van der Waals surface area contributed by atoms with Crippen LogP contribution in [0.25, 0.3) is 0 Å². The molecule has 0 atom stereocenters. The molecule has 0 amide bonds. The summed E-state index contributed by atoms with van der Waals surface area (Å²) < 4.78 is 13.0. The Balaban J connectivity index is 2.82. The Morgan fingerprint density at radius 3 is 2.44 bits per heavy atom. The highest BCUT2D eigenvalue weighted by Gasteiger charge is 2.16. The second-order valence-electron chi connectivity index (χ2n) is 4.37. The van der Waals surface area contributed by atoms with E-state index in [9.17, 15) is 4.39 Å². The van der Waals surface area contributed by atoms with Crippen LogP contribution in [0.3, 0.4) is 0 Å². The molecule has 0 bridgehead atoms. The minimum Gasteiger partial charge on any atom is -0.295 e. The molecular formula is C14H20Cl2FN. The predicted molar refractivity (Wildman–Crippen MR) is 76.9 cm³/mol. The molecule has 0 saturated carbocycles. The third-order valence-corrected chi connectivity index (χ3v) is 3.74. The lowest BCUT2D eigenvalue weighted by Gasteiger charge is -2.30. The summed E-state index contributed by atoms with van der Waals surface area (Å²) in [6.07, 6.45) is 2.15. The van der Waals surface area contributed by atoms with Crippen molar-refractivity contribution < 1.29 is 4.39 Å². The average molecular weight is 292 g/mol. The molecule has 18 heavy (non-hydrogen) atoms. The van der Waals surface area contributed by atoms with Crippen LogP contribution in [-0.2, 0) is 6.54 Å². The molecule has 0 aliphatic rings. The predicted octanol–water partition coefficient (Wildman–Crippen LogP) is 4.71. The van der Waals surface area contributed by atoms with E-state index in [-0.39, 0.29) is 5.82 Å². The summed E-state index contributed by atoms with van der Waals surface area (Å²) in [5.41, 5.74) is 0.954. The van der Waals surface area contributed by atoms with Gasteiger partial charge in [0.15, 0.2) is 0 Å². The SMILES string of the molecule is CCC(CC)N(CCCl)Cc1ccc(F)cc1Cl. The van der Waals surface area contributed by atoms with Crippen molar-refractivity contribution in [2.45, 2.75) is 39.3 Å². The van der Waals surface area contributed by atoms with Crippen LogP contribution in [-0.4, -0.2) is 23.4 Å². The van der Waals surface area contributed by atoms with Gasteiger partial charge >= 0.3 is 0 Å². The van der Waals surface area contributed by atoms with Gasteiger partial charge in [-0.2, -0.15) is 0 Å². The molecule has 0 saturated heterocycles. The Bertz CT molecular complexity index is 367. The smallest absolute Gasteiger partial charge is 0.124 e. The van der Waals surface area contributed by atoms with Crippen LogP contribution in [0.5, 0.6) is 0 Å². The van der Waals surface area contributed by atoms with Crippen molar-refractivity contribution in [3.8, 4) is 0 Å². The van der Waals surface area contributed by atoms with Gasteiger partial charge in [0, 0.05) is 30.0 Å². The van der Waals surface area contributed by atoms with Crippen molar-refractivity contribution in [2.24, 2.45) is 0 Å². The molecule has 0 fully saturated rings. The molecule has 0 heterocycles. The standard InChI is InChI=1S/C14H20Cl2FN/c1-3-13(4-2)18(8-7-15)10-11-5-6-12(17)9-14(11)16/h5-6,9,13H,3-4,7-8,10H2,1-2H3. The van der Waals surface area contributed by atoms with E-state index in [1.807, 2.05) is 0 Å². The first-order valence-electron chi connectivity index (χ1n) is 6.36. The molecule has 1 nitrogen and oxygen atoms in total. The molecule has 1 aromatic rings. The Morgan fingerprint density at radius 1 is 1.28 bits per heavy atom. The van der Waals surface area contributed by atoms with Crippen LogP contribution < -0.4 is 0 Å². The van der Waals surface area contributed by atoms with E-state index in [0.29, 0.717) is 16.9 Å². The zero-order chi connectivity index (χ0) is 13.5. The zero-order valence-electron chi connectivity index (χ0n) is 10.9. The van der Waals surface area contributed by atoms with Gasteiger partial charge in [0.1, 0.15) is 5.82 Å². The molecule has 0 unspecified atom stereocenters. The number of rotatable bonds is 7. The largest absolute Gasteiger partial charge is 0.295 e. The maximum Gasteiger partial charge on any atom is 0.124 e. The normalized spacial score (nSPS) is 11.5. The molecule has 1 aromatic carbocycles. The maximum atomic E-state index is 13.0. The first-order valence-corrected chi connectivity index (χ1v) is 7.27. The summed E-state index contributed by atoms with van der Waals surface area (Å²) in [7, 11) is 0. The van der Waals surface area contributed by atoms with Crippen molar-refractivity contribution in [2.75, 3.05) is 12.4 Å². The molecule has 4 heteroatoms. The van der Waals surface area contributed by atoms with Gasteiger partial charge in [0.2, 0.25) is 0 Å². The highest BCUT2D eigenvalue weighted by Crippen LogP contribution is 2.21. The maximum absolute atomic E-state index is 13.0. The van der Waals surface area contributed by atoms with E-state index in [1.165, 1.54) is 12.1 Å². The summed E-state index contributed by atoms with van der Waals surface area (Å²) in [5, 5.41) is 0.487. The fourth-order valence-electron chi connectivity index (χ4n) is 2.17. The van der Waals surface area contributed by atoms with Crippen molar-refractivity contribution >= 4 is 23.2 Å². The lowest BCUT2D eigenvalue weighted by atomic mass is 10.1. The van der Waals surface area contributed by atoms with E-state index in [2.05, 4.69) is 18.7 Å². The molecule has 1 rings (SSSR count).